The lowest BCUT2D eigenvalue weighted by Crippen LogP contribution is -2.23. The van der Waals surface area contributed by atoms with Crippen molar-refractivity contribution in [2.75, 3.05) is 0 Å². The van der Waals surface area contributed by atoms with E-state index < -0.39 is 5.69 Å². The third-order valence-corrected chi connectivity index (χ3v) is 1.48. The van der Waals surface area contributed by atoms with Crippen molar-refractivity contribution >= 4 is 0 Å². The zero-order valence-corrected chi connectivity index (χ0v) is 6.66. The lowest BCUT2D eigenvalue weighted by atomic mass is 10.5. The predicted octanol–water partition coefficient (Wildman–Crippen LogP) is 0.0225. The molecule has 0 fully saturated rings. The van der Waals surface area contributed by atoms with E-state index in [9.17, 15) is 4.79 Å². The zero-order valence-electron chi connectivity index (χ0n) is 6.66. The van der Waals surface area contributed by atoms with Crippen LogP contribution in [-0.2, 0) is 0 Å². The molecule has 0 radical (unpaired) electrons. The van der Waals surface area contributed by atoms with E-state index in [0.717, 1.165) is 4.68 Å². The fraction of sp³-hybridized carbons (Fsp3) is 0. The average Bonchev–Trinajstić information content (AvgIpc) is 2.20. The molecule has 0 atom stereocenters. The van der Waals surface area contributed by atoms with Gasteiger partial charge in [-0.25, -0.2) is 9.78 Å². The van der Waals surface area contributed by atoms with Crippen molar-refractivity contribution in [1.29, 1.82) is 0 Å². The monoisotopic (exact) mass is 174 g/mol. The first kappa shape index (κ1) is 7.60. The molecule has 0 unspecified atom stereocenters. The summed E-state index contributed by atoms with van der Waals surface area (Å²) in [6, 6.07) is 5.24. The van der Waals surface area contributed by atoms with E-state index in [1.54, 1.807) is 24.4 Å². The van der Waals surface area contributed by atoms with Gasteiger partial charge in [-0.05, 0) is 12.1 Å². The van der Waals surface area contributed by atoms with Gasteiger partial charge in [0, 0.05) is 6.20 Å². The number of rotatable bonds is 1. The smallest absolute Gasteiger partial charge is 0.244 e. The zero-order chi connectivity index (χ0) is 9.10. The molecule has 2 rings (SSSR count). The van der Waals surface area contributed by atoms with Gasteiger partial charge in [0.25, 0.3) is 0 Å². The summed E-state index contributed by atoms with van der Waals surface area (Å²) >= 11 is 0. The molecule has 0 saturated heterocycles. The van der Waals surface area contributed by atoms with E-state index in [0.29, 0.717) is 5.82 Å². The molecule has 0 saturated carbocycles. The quantitative estimate of drug-likeness (QED) is 0.611. The average molecular weight is 174 g/mol. The minimum Gasteiger partial charge on any atom is -0.244 e. The number of aromatic nitrogens is 4. The van der Waals surface area contributed by atoms with Crippen molar-refractivity contribution in [3.63, 3.8) is 0 Å². The van der Waals surface area contributed by atoms with Gasteiger partial charge in [0.15, 0.2) is 5.82 Å². The molecule has 13 heavy (non-hydrogen) atoms. The van der Waals surface area contributed by atoms with Gasteiger partial charge in [0.2, 0.25) is 0 Å². The molecule has 5 heteroatoms. The highest BCUT2D eigenvalue weighted by atomic mass is 16.1. The summed E-state index contributed by atoms with van der Waals surface area (Å²) in [5.74, 6) is 0.473. The Labute approximate surface area is 73.7 Å². The van der Waals surface area contributed by atoms with Gasteiger partial charge >= 0.3 is 5.69 Å². The predicted molar refractivity (Wildman–Crippen MR) is 45.4 cm³/mol. The molecule has 0 spiro atoms. The fourth-order valence-corrected chi connectivity index (χ4v) is 0.934. The Balaban J connectivity index is 2.60. The van der Waals surface area contributed by atoms with Crippen LogP contribution in [0.1, 0.15) is 0 Å². The molecule has 2 heterocycles. The molecule has 64 valence electrons. The van der Waals surface area contributed by atoms with E-state index in [2.05, 4.69) is 15.1 Å². The highest BCUT2D eigenvalue weighted by Crippen LogP contribution is 1.94. The van der Waals surface area contributed by atoms with Crippen LogP contribution in [0, 0.1) is 0 Å². The summed E-state index contributed by atoms with van der Waals surface area (Å²) in [5.41, 5.74) is -0.429. The van der Waals surface area contributed by atoms with Gasteiger partial charge in [-0.3, -0.25) is 0 Å². The summed E-state index contributed by atoms with van der Waals surface area (Å²) in [5, 5.41) is 3.83. The summed E-state index contributed by atoms with van der Waals surface area (Å²) in [6.45, 7) is 0. The first-order valence-electron chi connectivity index (χ1n) is 3.70. The summed E-state index contributed by atoms with van der Waals surface area (Å²) < 4.78 is 1.14. The highest BCUT2D eigenvalue weighted by Gasteiger charge is 1.99. The van der Waals surface area contributed by atoms with E-state index >= 15 is 0 Å². The van der Waals surface area contributed by atoms with Gasteiger partial charge in [-0.1, -0.05) is 6.07 Å². The first-order valence-corrected chi connectivity index (χ1v) is 3.70. The Bertz CT molecular complexity index is 451. The van der Waals surface area contributed by atoms with E-state index in [-0.39, 0.29) is 0 Å². The van der Waals surface area contributed by atoms with Gasteiger partial charge < -0.3 is 0 Å². The van der Waals surface area contributed by atoms with Crippen molar-refractivity contribution in [3.05, 3.63) is 47.3 Å². The van der Waals surface area contributed by atoms with Gasteiger partial charge in [-0.15, -0.1) is 0 Å². The maximum atomic E-state index is 11.2. The minimum absolute atomic E-state index is 0.429. The van der Waals surface area contributed by atoms with Gasteiger partial charge in [-0.2, -0.15) is 14.8 Å². The normalized spacial score (nSPS) is 9.85. The first-order chi connectivity index (χ1) is 6.38. The summed E-state index contributed by atoms with van der Waals surface area (Å²) in [7, 11) is 0. The van der Waals surface area contributed by atoms with Crippen molar-refractivity contribution in [2.45, 2.75) is 0 Å². The number of pyridine rings is 1. The molecule has 0 aliphatic rings. The molecule has 0 N–H and O–H groups in total. The van der Waals surface area contributed by atoms with Crippen LogP contribution in [0.3, 0.4) is 0 Å². The second-order valence-corrected chi connectivity index (χ2v) is 2.33. The molecular formula is C8H6N4O. The van der Waals surface area contributed by atoms with Gasteiger partial charge in [0.05, 0.1) is 12.4 Å². The summed E-state index contributed by atoms with van der Waals surface area (Å²) in [6.07, 6.45) is 4.38. The Kier molecular flexibility index (Phi) is 1.84. The van der Waals surface area contributed by atoms with Crippen molar-refractivity contribution < 1.29 is 0 Å². The third-order valence-electron chi connectivity index (χ3n) is 1.48. The Morgan fingerprint density at radius 2 is 2.00 bits per heavy atom. The molecule has 0 aliphatic carbocycles. The van der Waals surface area contributed by atoms with Crippen LogP contribution >= 0.6 is 0 Å². The van der Waals surface area contributed by atoms with Crippen LogP contribution < -0.4 is 5.69 Å². The Morgan fingerprint density at radius 3 is 2.69 bits per heavy atom. The molecular weight excluding hydrogens is 168 g/mol. The number of hydrogen-bond acceptors (Lipinski definition) is 4. The van der Waals surface area contributed by atoms with Crippen LogP contribution in [-0.4, -0.2) is 19.7 Å². The number of nitrogens with zero attached hydrogens (tertiary/aromatic N) is 4. The topological polar surface area (TPSA) is 60.7 Å². The van der Waals surface area contributed by atoms with E-state index in [1.165, 1.54) is 12.4 Å². The molecule has 2 aromatic heterocycles. The van der Waals surface area contributed by atoms with Crippen LogP contribution in [0.5, 0.6) is 0 Å². The van der Waals surface area contributed by atoms with Crippen LogP contribution in [0.15, 0.2) is 41.6 Å². The summed E-state index contributed by atoms with van der Waals surface area (Å²) in [4.78, 5) is 18.7. The second-order valence-electron chi connectivity index (χ2n) is 2.33. The number of hydrogen-bond donors (Lipinski definition) is 0. The Hall–Kier alpha value is -2.04. The van der Waals surface area contributed by atoms with Crippen LogP contribution in [0.25, 0.3) is 5.82 Å². The fourth-order valence-electron chi connectivity index (χ4n) is 0.934. The SMILES string of the molecule is O=c1nccnn1-c1ccccn1. The molecule has 0 aromatic carbocycles. The molecule has 2 aromatic rings. The van der Waals surface area contributed by atoms with Gasteiger partial charge in [0.1, 0.15) is 0 Å². The van der Waals surface area contributed by atoms with Crippen LogP contribution in [0.4, 0.5) is 0 Å². The van der Waals surface area contributed by atoms with E-state index in [1.807, 2.05) is 0 Å². The molecule has 0 bridgehead atoms. The lowest BCUT2D eigenvalue weighted by molar-refractivity contribution is 0.742. The largest absolute Gasteiger partial charge is 0.370 e. The molecule has 0 amide bonds. The van der Waals surface area contributed by atoms with Crippen molar-refractivity contribution in [3.8, 4) is 5.82 Å². The van der Waals surface area contributed by atoms with E-state index in [4.69, 9.17) is 0 Å². The van der Waals surface area contributed by atoms with Crippen molar-refractivity contribution in [1.82, 2.24) is 19.7 Å². The third kappa shape index (κ3) is 1.44. The maximum absolute atomic E-state index is 11.2. The highest BCUT2D eigenvalue weighted by molar-refractivity contribution is 5.18. The maximum Gasteiger partial charge on any atom is 0.370 e. The molecule has 0 aliphatic heterocycles. The lowest BCUT2D eigenvalue weighted by Gasteiger charge is -1.98. The minimum atomic E-state index is -0.429. The van der Waals surface area contributed by atoms with Crippen LogP contribution in [0.2, 0.25) is 0 Å². The standard InChI is InChI=1S/C8H6N4O/c13-8-10-5-6-11-12(8)7-3-1-2-4-9-7/h1-6H. The van der Waals surface area contributed by atoms with Crippen molar-refractivity contribution in [2.24, 2.45) is 0 Å². The Morgan fingerprint density at radius 1 is 1.08 bits per heavy atom. The second kappa shape index (κ2) is 3.14. The molecule has 5 nitrogen and oxygen atoms in total.